The Morgan fingerprint density at radius 3 is 2.75 bits per heavy atom. The molecule has 5 nitrogen and oxygen atoms in total. The van der Waals surface area contributed by atoms with E-state index in [-0.39, 0.29) is 0 Å². The van der Waals surface area contributed by atoms with Gasteiger partial charge in [-0.1, -0.05) is 18.2 Å². The van der Waals surface area contributed by atoms with E-state index >= 15 is 0 Å². The molecular weight excluding hydrogens is 252 g/mol. The van der Waals surface area contributed by atoms with Crippen molar-refractivity contribution in [3.05, 3.63) is 42.0 Å². The zero-order valence-electron chi connectivity index (χ0n) is 12.3. The monoisotopic (exact) mass is 274 g/mol. The van der Waals surface area contributed by atoms with Crippen LogP contribution in [0.1, 0.15) is 11.4 Å². The first-order valence-electron chi connectivity index (χ1n) is 6.84. The molecule has 1 aromatic carbocycles. The van der Waals surface area contributed by atoms with Crippen molar-refractivity contribution in [2.75, 3.05) is 20.7 Å². The Morgan fingerprint density at radius 1 is 1.30 bits per heavy atom. The van der Waals surface area contributed by atoms with Crippen LogP contribution >= 0.6 is 0 Å². The van der Waals surface area contributed by atoms with E-state index in [1.807, 2.05) is 30.9 Å². The van der Waals surface area contributed by atoms with Crippen LogP contribution in [-0.2, 0) is 19.9 Å². The van der Waals surface area contributed by atoms with Crippen LogP contribution in [0.2, 0.25) is 0 Å². The molecule has 20 heavy (non-hydrogen) atoms. The second-order valence-corrected chi connectivity index (χ2v) is 4.94. The van der Waals surface area contributed by atoms with E-state index in [1.165, 1.54) is 5.56 Å². The second-order valence-electron chi connectivity index (χ2n) is 4.94. The van der Waals surface area contributed by atoms with Gasteiger partial charge in [-0.2, -0.15) is 5.10 Å². The zero-order valence-corrected chi connectivity index (χ0v) is 12.3. The van der Waals surface area contributed by atoms with E-state index in [0.29, 0.717) is 5.92 Å². The molecule has 2 aromatic rings. The highest BCUT2D eigenvalue weighted by Crippen LogP contribution is 2.22. The predicted molar refractivity (Wildman–Crippen MR) is 78.8 cm³/mol. The van der Waals surface area contributed by atoms with Crippen LogP contribution in [0.5, 0.6) is 5.75 Å². The summed E-state index contributed by atoms with van der Waals surface area (Å²) < 4.78 is 7.27. The van der Waals surface area contributed by atoms with Crippen molar-refractivity contribution < 1.29 is 4.74 Å². The molecular formula is C15H22N4O. The predicted octanol–water partition coefficient (Wildman–Crippen LogP) is 1.44. The molecule has 0 aliphatic heterocycles. The number of aryl methyl sites for hydroxylation is 1. The fourth-order valence-corrected chi connectivity index (χ4v) is 2.45. The summed E-state index contributed by atoms with van der Waals surface area (Å²) in [6, 6.07) is 8.18. The van der Waals surface area contributed by atoms with Gasteiger partial charge in [0, 0.05) is 13.5 Å². The molecule has 2 rings (SSSR count). The number of ether oxygens (including phenoxy) is 1. The number of hydrogen-bond acceptors (Lipinski definition) is 4. The maximum Gasteiger partial charge on any atom is 0.138 e. The highest BCUT2D eigenvalue weighted by Gasteiger charge is 2.15. The molecule has 0 aliphatic carbocycles. The molecule has 0 saturated carbocycles. The summed E-state index contributed by atoms with van der Waals surface area (Å²) in [5.74, 6) is 2.42. The molecule has 1 N–H and O–H groups in total. The van der Waals surface area contributed by atoms with Crippen LogP contribution < -0.4 is 10.1 Å². The van der Waals surface area contributed by atoms with Gasteiger partial charge in [-0.05, 0) is 37.6 Å². The number of nitrogens with zero attached hydrogens (tertiary/aromatic N) is 3. The van der Waals surface area contributed by atoms with Crippen LogP contribution in [-0.4, -0.2) is 35.5 Å². The summed E-state index contributed by atoms with van der Waals surface area (Å²) >= 11 is 0. The molecule has 0 aliphatic rings. The Bertz CT molecular complexity index is 538. The number of hydrogen-bond donors (Lipinski definition) is 1. The van der Waals surface area contributed by atoms with Gasteiger partial charge in [0.1, 0.15) is 17.9 Å². The quantitative estimate of drug-likeness (QED) is 0.830. The lowest BCUT2D eigenvalue weighted by atomic mass is 9.95. The highest BCUT2D eigenvalue weighted by molar-refractivity contribution is 5.33. The van der Waals surface area contributed by atoms with Gasteiger partial charge in [-0.3, -0.25) is 4.68 Å². The van der Waals surface area contributed by atoms with Gasteiger partial charge in [0.05, 0.1) is 7.11 Å². The largest absolute Gasteiger partial charge is 0.496 e. The molecule has 0 saturated heterocycles. The van der Waals surface area contributed by atoms with E-state index in [4.69, 9.17) is 4.74 Å². The first-order valence-corrected chi connectivity index (χ1v) is 6.84. The van der Waals surface area contributed by atoms with E-state index in [1.54, 1.807) is 13.4 Å². The fraction of sp³-hybridized carbons (Fsp3) is 0.467. The van der Waals surface area contributed by atoms with Crippen molar-refractivity contribution in [2.24, 2.45) is 13.0 Å². The number of benzene rings is 1. The molecule has 108 valence electrons. The van der Waals surface area contributed by atoms with Crippen molar-refractivity contribution in [1.29, 1.82) is 0 Å². The Balaban J connectivity index is 2.11. The number of aromatic nitrogens is 3. The SMILES string of the molecule is CNCC(Cc1ccccc1OC)Cc1ncnn1C. The highest BCUT2D eigenvalue weighted by atomic mass is 16.5. The summed E-state index contributed by atoms with van der Waals surface area (Å²) in [4.78, 5) is 4.31. The maximum atomic E-state index is 5.43. The first-order chi connectivity index (χ1) is 9.74. The Kier molecular flexibility index (Phi) is 5.12. The van der Waals surface area contributed by atoms with Gasteiger partial charge in [0.2, 0.25) is 0 Å². The van der Waals surface area contributed by atoms with Crippen LogP contribution in [0.4, 0.5) is 0 Å². The summed E-state index contributed by atoms with van der Waals surface area (Å²) in [6.45, 7) is 0.935. The Hall–Kier alpha value is -1.88. The minimum atomic E-state index is 0.458. The number of nitrogens with one attached hydrogen (secondary N) is 1. The van der Waals surface area contributed by atoms with Crippen LogP contribution in [0.15, 0.2) is 30.6 Å². The van der Waals surface area contributed by atoms with E-state index in [2.05, 4.69) is 27.5 Å². The second kappa shape index (κ2) is 7.05. The number of para-hydroxylation sites is 1. The Labute approximate surface area is 120 Å². The molecule has 1 unspecified atom stereocenters. The fourth-order valence-electron chi connectivity index (χ4n) is 2.45. The van der Waals surface area contributed by atoms with Crippen molar-refractivity contribution in [2.45, 2.75) is 12.8 Å². The third kappa shape index (κ3) is 3.57. The van der Waals surface area contributed by atoms with Crippen LogP contribution in [0.25, 0.3) is 0 Å². The van der Waals surface area contributed by atoms with Crippen LogP contribution in [0.3, 0.4) is 0 Å². The lowest BCUT2D eigenvalue weighted by Gasteiger charge is -2.17. The number of rotatable bonds is 7. The van der Waals surface area contributed by atoms with Gasteiger partial charge in [-0.15, -0.1) is 0 Å². The van der Waals surface area contributed by atoms with Gasteiger partial charge >= 0.3 is 0 Å². The summed E-state index contributed by atoms with van der Waals surface area (Å²) in [5, 5.41) is 7.39. The molecule has 1 heterocycles. The van der Waals surface area contributed by atoms with Gasteiger partial charge in [0.25, 0.3) is 0 Å². The minimum Gasteiger partial charge on any atom is -0.496 e. The van der Waals surface area contributed by atoms with Gasteiger partial charge in [-0.25, -0.2) is 4.98 Å². The van der Waals surface area contributed by atoms with Crippen molar-refractivity contribution in [3.8, 4) is 5.75 Å². The van der Waals surface area contributed by atoms with Crippen molar-refractivity contribution in [3.63, 3.8) is 0 Å². The summed E-state index contributed by atoms with van der Waals surface area (Å²) in [7, 11) is 5.63. The molecule has 0 bridgehead atoms. The smallest absolute Gasteiger partial charge is 0.138 e. The average Bonchev–Trinajstić information content (AvgIpc) is 2.85. The van der Waals surface area contributed by atoms with Crippen molar-refractivity contribution in [1.82, 2.24) is 20.1 Å². The van der Waals surface area contributed by atoms with Crippen LogP contribution in [0, 0.1) is 5.92 Å². The molecule has 1 atom stereocenters. The van der Waals surface area contributed by atoms with E-state index in [0.717, 1.165) is 31.0 Å². The maximum absolute atomic E-state index is 5.43. The molecule has 0 fully saturated rings. The molecule has 0 radical (unpaired) electrons. The first kappa shape index (κ1) is 14.5. The van der Waals surface area contributed by atoms with E-state index in [9.17, 15) is 0 Å². The van der Waals surface area contributed by atoms with Crippen molar-refractivity contribution >= 4 is 0 Å². The molecule has 0 spiro atoms. The lowest BCUT2D eigenvalue weighted by molar-refractivity contribution is 0.400. The third-order valence-electron chi connectivity index (χ3n) is 3.47. The summed E-state index contributed by atoms with van der Waals surface area (Å²) in [5.41, 5.74) is 1.23. The zero-order chi connectivity index (χ0) is 14.4. The topological polar surface area (TPSA) is 52.0 Å². The lowest BCUT2D eigenvalue weighted by Crippen LogP contribution is -2.24. The third-order valence-corrected chi connectivity index (χ3v) is 3.47. The number of methoxy groups -OCH3 is 1. The molecule has 0 amide bonds. The minimum absolute atomic E-state index is 0.458. The molecule has 5 heteroatoms. The van der Waals surface area contributed by atoms with E-state index < -0.39 is 0 Å². The van der Waals surface area contributed by atoms with Gasteiger partial charge < -0.3 is 10.1 Å². The van der Waals surface area contributed by atoms with Gasteiger partial charge in [0.15, 0.2) is 0 Å². The average molecular weight is 274 g/mol. The summed E-state index contributed by atoms with van der Waals surface area (Å²) in [6.07, 6.45) is 3.46. The standard InChI is InChI=1S/C15H22N4O/c1-16-10-12(9-15-17-11-18-19(15)2)8-13-6-4-5-7-14(13)20-3/h4-7,11-12,16H,8-10H2,1-3H3. The Morgan fingerprint density at radius 2 is 2.10 bits per heavy atom. The molecule has 1 aromatic heterocycles. The normalized spacial score (nSPS) is 12.3.